The number of rotatable bonds is 2. The lowest BCUT2D eigenvalue weighted by Crippen LogP contribution is -1.92. The van der Waals surface area contributed by atoms with Gasteiger partial charge < -0.3 is 4.74 Å². The maximum Gasteiger partial charge on any atom is 0.0713 e. The Morgan fingerprint density at radius 2 is 1.79 bits per heavy atom. The number of hydrogen-bond acceptors (Lipinski definition) is 1. The molecule has 0 saturated heterocycles. The van der Waals surface area contributed by atoms with Crippen LogP contribution in [0.15, 0.2) is 42.5 Å². The van der Waals surface area contributed by atoms with E-state index in [1.54, 1.807) is 7.11 Å². The largest absolute Gasteiger partial charge is 0.380 e. The van der Waals surface area contributed by atoms with Crippen LogP contribution < -0.4 is 0 Å². The summed E-state index contributed by atoms with van der Waals surface area (Å²) in [6, 6.07) is 10.1. The monoisotopic (exact) mass is 190 g/mol. The molecule has 1 fully saturated rings. The molecular weight excluding hydrogens is 172 g/mol. The molecule has 1 aromatic carbocycles. The van der Waals surface area contributed by atoms with Gasteiger partial charge in [-0.15, -0.1) is 0 Å². The van der Waals surface area contributed by atoms with E-state index in [2.05, 4.69) is 6.58 Å². The normalized spacial score (nSPS) is 13.9. The maximum absolute atomic E-state index is 4.93. The van der Waals surface area contributed by atoms with Crippen LogP contribution in [0.4, 0.5) is 0 Å². The van der Waals surface area contributed by atoms with Crippen LogP contribution in [0.3, 0.4) is 0 Å². The molecule has 0 radical (unpaired) electrons. The Balaban J connectivity index is 0.000000165. The topological polar surface area (TPSA) is 9.23 Å². The van der Waals surface area contributed by atoms with Gasteiger partial charge in [-0.05, 0) is 24.8 Å². The second kappa shape index (κ2) is 6.39. The third-order valence-electron chi connectivity index (χ3n) is 2.21. The number of benzene rings is 1. The van der Waals surface area contributed by atoms with Crippen LogP contribution in [-0.2, 0) is 11.3 Å². The molecular formula is C13H18O. The summed E-state index contributed by atoms with van der Waals surface area (Å²) in [5, 5.41) is 0. The first-order valence-electron chi connectivity index (χ1n) is 5.02. The van der Waals surface area contributed by atoms with Crippen LogP contribution in [-0.4, -0.2) is 7.11 Å². The zero-order valence-electron chi connectivity index (χ0n) is 8.83. The SMILES string of the molecule is C=C1CCC1.COCc1ccccc1. The average Bonchev–Trinajstić information content (AvgIpc) is 2.18. The van der Waals surface area contributed by atoms with Crippen molar-refractivity contribution in [1.82, 2.24) is 0 Å². The third-order valence-corrected chi connectivity index (χ3v) is 2.21. The minimum atomic E-state index is 0.709. The minimum absolute atomic E-state index is 0.709. The van der Waals surface area contributed by atoms with Gasteiger partial charge in [-0.2, -0.15) is 0 Å². The molecule has 1 saturated carbocycles. The van der Waals surface area contributed by atoms with Crippen molar-refractivity contribution >= 4 is 0 Å². The van der Waals surface area contributed by atoms with Crippen LogP contribution >= 0.6 is 0 Å². The van der Waals surface area contributed by atoms with E-state index in [0.717, 1.165) is 0 Å². The molecule has 1 aromatic rings. The predicted octanol–water partition coefficient (Wildman–Crippen LogP) is 3.56. The van der Waals surface area contributed by atoms with Crippen LogP contribution in [0.25, 0.3) is 0 Å². The molecule has 0 bridgehead atoms. The van der Waals surface area contributed by atoms with Gasteiger partial charge in [0.25, 0.3) is 0 Å². The molecule has 1 aliphatic carbocycles. The van der Waals surface area contributed by atoms with Crippen LogP contribution in [0, 0.1) is 0 Å². The Kier molecular flexibility index (Phi) is 5.02. The number of allylic oxidation sites excluding steroid dienone is 1. The van der Waals surface area contributed by atoms with Crippen molar-refractivity contribution in [3.05, 3.63) is 48.0 Å². The lowest BCUT2D eigenvalue weighted by Gasteiger charge is -2.11. The van der Waals surface area contributed by atoms with E-state index in [-0.39, 0.29) is 0 Å². The summed E-state index contributed by atoms with van der Waals surface area (Å²) in [4.78, 5) is 0. The summed E-state index contributed by atoms with van der Waals surface area (Å²) >= 11 is 0. The molecule has 0 heterocycles. The molecule has 0 N–H and O–H groups in total. The molecule has 76 valence electrons. The lowest BCUT2D eigenvalue weighted by molar-refractivity contribution is 0.185. The zero-order chi connectivity index (χ0) is 10.2. The van der Waals surface area contributed by atoms with E-state index in [0.29, 0.717) is 6.61 Å². The zero-order valence-corrected chi connectivity index (χ0v) is 8.83. The van der Waals surface area contributed by atoms with Gasteiger partial charge in [0.2, 0.25) is 0 Å². The van der Waals surface area contributed by atoms with Crippen LogP contribution in [0.1, 0.15) is 24.8 Å². The van der Waals surface area contributed by atoms with Gasteiger partial charge in [-0.1, -0.05) is 42.5 Å². The molecule has 1 aliphatic rings. The quantitative estimate of drug-likeness (QED) is 0.648. The van der Waals surface area contributed by atoms with E-state index >= 15 is 0 Å². The summed E-state index contributed by atoms with van der Waals surface area (Å²) in [5.41, 5.74) is 2.66. The number of ether oxygens (including phenoxy) is 1. The molecule has 1 heteroatoms. The van der Waals surface area contributed by atoms with E-state index in [1.807, 2.05) is 30.3 Å². The maximum atomic E-state index is 4.93. The molecule has 14 heavy (non-hydrogen) atoms. The Bertz CT molecular complexity index is 258. The first-order valence-corrected chi connectivity index (χ1v) is 5.02. The average molecular weight is 190 g/mol. The Morgan fingerprint density at radius 3 is 2.14 bits per heavy atom. The first kappa shape index (κ1) is 11.0. The molecule has 0 unspecified atom stereocenters. The van der Waals surface area contributed by atoms with Crippen LogP contribution in [0.2, 0.25) is 0 Å². The summed E-state index contributed by atoms with van der Waals surface area (Å²) in [6.07, 6.45) is 3.97. The summed E-state index contributed by atoms with van der Waals surface area (Å²) in [6.45, 7) is 4.47. The summed E-state index contributed by atoms with van der Waals surface area (Å²) in [7, 11) is 1.70. The highest BCUT2D eigenvalue weighted by molar-refractivity contribution is 5.13. The highest BCUT2D eigenvalue weighted by atomic mass is 16.5. The highest BCUT2D eigenvalue weighted by Gasteiger charge is 2.02. The molecule has 0 atom stereocenters. The van der Waals surface area contributed by atoms with Crippen molar-refractivity contribution in [2.45, 2.75) is 25.9 Å². The van der Waals surface area contributed by atoms with E-state index < -0.39 is 0 Å². The van der Waals surface area contributed by atoms with Crippen LogP contribution in [0.5, 0.6) is 0 Å². The second-order valence-electron chi connectivity index (χ2n) is 3.52. The molecule has 0 spiro atoms. The number of hydrogen-bond donors (Lipinski definition) is 0. The second-order valence-corrected chi connectivity index (χ2v) is 3.52. The minimum Gasteiger partial charge on any atom is -0.380 e. The van der Waals surface area contributed by atoms with Crippen molar-refractivity contribution in [3.8, 4) is 0 Å². The van der Waals surface area contributed by atoms with Crippen molar-refractivity contribution in [3.63, 3.8) is 0 Å². The van der Waals surface area contributed by atoms with E-state index in [1.165, 1.54) is 30.4 Å². The predicted molar refractivity (Wildman–Crippen MR) is 60.1 cm³/mol. The van der Waals surface area contributed by atoms with Crippen molar-refractivity contribution in [2.75, 3.05) is 7.11 Å². The van der Waals surface area contributed by atoms with Gasteiger partial charge in [0.15, 0.2) is 0 Å². The van der Waals surface area contributed by atoms with Crippen molar-refractivity contribution in [1.29, 1.82) is 0 Å². The van der Waals surface area contributed by atoms with Crippen molar-refractivity contribution in [2.24, 2.45) is 0 Å². The number of methoxy groups -OCH3 is 1. The summed E-state index contributed by atoms with van der Waals surface area (Å²) < 4.78 is 4.93. The fourth-order valence-corrected chi connectivity index (χ4v) is 1.17. The fourth-order valence-electron chi connectivity index (χ4n) is 1.17. The first-order chi connectivity index (χ1) is 6.83. The third kappa shape index (κ3) is 4.24. The van der Waals surface area contributed by atoms with Crippen molar-refractivity contribution < 1.29 is 4.74 Å². The molecule has 1 nitrogen and oxygen atoms in total. The van der Waals surface area contributed by atoms with Gasteiger partial charge in [-0.25, -0.2) is 0 Å². The Morgan fingerprint density at radius 1 is 1.21 bits per heavy atom. The molecule has 0 aliphatic heterocycles. The standard InChI is InChI=1S/C8H10O.C5H8/c1-9-7-8-5-3-2-4-6-8;1-5-3-2-4-5/h2-6H,7H2,1H3;1-4H2. The summed E-state index contributed by atoms with van der Waals surface area (Å²) in [5.74, 6) is 0. The molecule has 2 rings (SSSR count). The van der Waals surface area contributed by atoms with Gasteiger partial charge in [0.05, 0.1) is 6.61 Å². The molecule has 0 aromatic heterocycles. The van der Waals surface area contributed by atoms with E-state index in [9.17, 15) is 0 Å². The van der Waals surface area contributed by atoms with Gasteiger partial charge in [0, 0.05) is 7.11 Å². The highest BCUT2D eigenvalue weighted by Crippen LogP contribution is 2.21. The van der Waals surface area contributed by atoms with Gasteiger partial charge in [-0.3, -0.25) is 0 Å². The van der Waals surface area contributed by atoms with Gasteiger partial charge >= 0.3 is 0 Å². The van der Waals surface area contributed by atoms with E-state index in [4.69, 9.17) is 4.74 Å². The lowest BCUT2D eigenvalue weighted by atomic mass is 9.95. The fraction of sp³-hybridized carbons (Fsp3) is 0.385. The Labute approximate surface area is 86.4 Å². The smallest absolute Gasteiger partial charge is 0.0713 e. The Hall–Kier alpha value is -1.08. The molecule has 0 amide bonds. The van der Waals surface area contributed by atoms with Gasteiger partial charge in [0.1, 0.15) is 0 Å².